The SMILES string of the molecule is CCOC(C)[n+]1cccc(CNc2ccc(C)c(O)c2)c1.[Cl-]. The second-order valence-corrected chi connectivity index (χ2v) is 5.07. The van der Waals surface area contributed by atoms with Gasteiger partial charge in [-0.2, -0.15) is 4.57 Å². The van der Waals surface area contributed by atoms with Crippen LogP contribution in [0.25, 0.3) is 0 Å². The van der Waals surface area contributed by atoms with E-state index < -0.39 is 0 Å². The Labute approximate surface area is 138 Å². The summed E-state index contributed by atoms with van der Waals surface area (Å²) in [4.78, 5) is 0. The predicted octanol–water partition coefficient (Wildman–Crippen LogP) is 0.159. The van der Waals surface area contributed by atoms with Gasteiger partial charge in [0.2, 0.25) is 0 Å². The van der Waals surface area contributed by atoms with Gasteiger partial charge in [-0.1, -0.05) is 6.07 Å². The molecule has 0 saturated heterocycles. The fourth-order valence-corrected chi connectivity index (χ4v) is 2.13. The lowest BCUT2D eigenvalue weighted by molar-refractivity contribution is -0.758. The van der Waals surface area contributed by atoms with Crippen LogP contribution in [0.5, 0.6) is 5.75 Å². The number of aromatic nitrogens is 1. The molecule has 0 saturated carbocycles. The largest absolute Gasteiger partial charge is 1.00 e. The van der Waals surface area contributed by atoms with Crippen LogP contribution in [-0.2, 0) is 11.3 Å². The molecule has 1 aromatic heterocycles. The molecule has 0 bridgehead atoms. The molecule has 5 heteroatoms. The first-order valence-electron chi connectivity index (χ1n) is 7.25. The molecule has 0 amide bonds. The smallest absolute Gasteiger partial charge is 0.259 e. The van der Waals surface area contributed by atoms with Crippen LogP contribution in [0.1, 0.15) is 31.2 Å². The maximum Gasteiger partial charge on any atom is 0.259 e. The third kappa shape index (κ3) is 4.90. The topological polar surface area (TPSA) is 45.4 Å². The summed E-state index contributed by atoms with van der Waals surface area (Å²) in [5, 5.41) is 13.0. The molecule has 0 aliphatic carbocycles. The highest BCUT2D eigenvalue weighted by Crippen LogP contribution is 2.21. The number of aryl methyl sites for hydroxylation is 1. The lowest BCUT2D eigenvalue weighted by Gasteiger charge is -2.10. The molecule has 2 N–H and O–H groups in total. The maximum atomic E-state index is 9.71. The first kappa shape index (κ1) is 18.3. The van der Waals surface area contributed by atoms with Gasteiger partial charge in [0.15, 0.2) is 12.4 Å². The molecule has 1 heterocycles. The molecular formula is C17H23ClN2O2. The molecule has 0 aliphatic rings. The number of nitrogens with zero attached hydrogens (tertiary/aromatic N) is 1. The molecule has 0 fully saturated rings. The molecule has 1 atom stereocenters. The molecule has 0 spiro atoms. The summed E-state index contributed by atoms with van der Waals surface area (Å²) < 4.78 is 7.63. The summed E-state index contributed by atoms with van der Waals surface area (Å²) in [5.74, 6) is 0.313. The summed E-state index contributed by atoms with van der Waals surface area (Å²) in [6, 6.07) is 9.69. The van der Waals surface area contributed by atoms with E-state index in [-0.39, 0.29) is 18.6 Å². The Hall–Kier alpha value is -1.78. The first-order chi connectivity index (χ1) is 10.1. The number of rotatable bonds is 6. The lowest BCUT2D eigenvalue weighted by atomic mass is 10.2. The van der Waals surface area contributed by atoms with E-state index in [1.807, 2.05) is 49.7 Å². The predicted molar refractivity (Wildman–Crippen MR) is 83.1 cm³/mol. The van der Waals surface area contributed by atoms with Gasteiger partial charge in [-0.25, -0.2) is 0 Å². The quantitative estimate of drug-likeness (QED) is 0.745. The van der Waals surface area contributed by atoms with E-state index in [0.717, 1.165) is 16.8 Å². The average Bonchev–Trinajstić information content (AvgIpc) is 2.49. The Morgan fingerprint density at radius 3 is 2.77 bits per heavy atom. The summed E-state index contributed by atoms with van der Waals surface area (Å²) in [6.07, 6.45) is 4.10. The van der Waals surface area contributed by atoms with Gasteiger partial charge in [0.05, 0.1) is 6.61 Å². The molecule has 4 nitrogen and oxygen atoms in total. The van der Waals surface area contributed by atoms with E-state index in [4.69, 9.17) is 4.74 Å². The van der Waals surface area contributed by atoms with Crippen molar-refractivity contribution in [2.75, 3.05) is 11.9 Å². The fraction of sp³-hybridized carbons (Fsp3) is 0.353. The Bertz CT molecular complexity index is 605. The van der Waals surface area contributed by atoms with Crippen molar-refractivity contribution >= 4 is 5.69 Å². The van der Waals surface area contributed by atoms with Crippen molar-refractivity contribution in [1.29, 1.82) is 0 Å². The zero-order valence-electron chi connectivity index (χ0n) is 13.2. The van der Waals surface area contributed by atoms with Crippen molar-refractivity contribution in [3.8, 4) is 5.75 Å². The van der Waals surface area contributed by atoms with E-state index in [2.05, 4.69) is 17.6 Å². The van der Waals surface area contributed by atoms with Crippen molar-refractivity contribution in [2.45, 2.75) is 33.5 Å². The number of nitrogens with one attached hydrogen (secondary N) is 1. The monoisotopic (exact) mass is 322 g/mol. The number of hydrogen-bond donors (Lipinski definition) is 2. The van der Waals surface area contributed by atoms with Crippen LogP contribution in [0, 0.1) is 6.92 Å². The van der Waals surface area contributed by atoms with E-state index in [9.17, 15) is 5.11 Å². The minimum atomic E-state index is 0. The maximum absolute atomic E-state index is 9.71. The molecule has 2 aromatic rings. The Morgan fingerprint density at radius 2 is 2.09 bits per heavy atom. The Balaban J connectivity index is 0.00000242. The summed E-state index contributed by atoms with van der Waals surface area (Å²) in [6.45, 7) is 7.29. The molecule has 0 aliphatic heterocycles. The van der Waals surface area contributed by atoms with Crippen molar-refractivity contribution in [1.82, 2.24) is 0 Å². The zero-order valence-corrected chi connectivity index (χ0v) is 14.0. The zero-order chi connectivity index (χ0) is 15.2. The number of halogens is 1. The van der Waals surface area contributed by atoms with Crippen LogP contribution in [0.15, 0.2) is 42.7 Å². The van der Waals surface area contributed by atoms with E-state index in [1.165, 1.54) is 0 Å². The van der Waals surface area contributed by atoms with E-state index >= 15 is 0 Å². The lowest BCUT2D eigenvalue weighted by Crippen LogP contribution is -3.00. The van der Waals surface area contributed by atoms with Gasteiger partial charge in [0, 0.05) is 36.9 Å². The first-order valence-corrected chi connectivity index (χ1v) is 7.25. The van der Waals surface area contributed by atoms with Crippen LogP contribution in [0.3, 0.4) is 0 Å². The number of benzene rings is 1. The van der Waals surface area contributed by atoms with Gasteiger partial charge in [0.25, 0.3) is 6.23 Å². The summed E-state index contributed by atoms with van der Waals surface area (Å²) >= 11 is 0. The van der Waals surface area contributed by atoms with Gasteiger partial charge in [-0.15, -0.1) is 0 Å². The van der Waals surface area contributed by atoms with Gasteiger partial charge < -0.3 is 27.6 Å². The van der Waals surface area contributed by atoms with Crippen molar-refractivity contribution < 1.29 is 26.8 Å². The van der Waals surface area contributed by atoms with Gasteiger partial charge in [-0.3, -0.25) is 0 Å². The molecule has 120 valence electrons. The molecular weight excluding hydrogens is 300 g/mol. The number of phenols is 1. The van der Waals surface area contributed by atoms with Crippen LogP contribution in [-0.4, -0.2) is 11.7 Å². The van der Waals surface area contributed by atoms with Crippen LogP contribution in [0.4, 0.5) is 5.69 Å². The molecule has 22 heavy (non-hydrogen) atoms. The summed E-state index contributed by atoms with van der Waals surface area (Å²) in [5.41, 5.74) is 2.94. The van der Waals surface area contributed by atoms with E-state index in [0.29, 0.717) is 18.9 Å². The van der Waals surface area contributed by atoms with Crippen molar-refractivity contribution in [3.05, 3.63) is 53.9 Å². The van der Waals surface area contributed by atoms with Crippen molar-refractivity contribution in [2.24, 2.45) is 0 Å². The molecule has 0 radical (unpaired) electrons. The molecule has 1 unspecified atom stereocenters. The van der Waals surface area contributed by atoms with E-state index in [1.54, 1.807) is 6.07 Å². The summed E-state index contributed by atoms with van der Waals surface area (Å²) in [7, 11) is 0. The van der Waals surface area contributed by atoms with Crippen LogP contribution in [0.2, 0.25) is 0 Å². The normalized spacial score (nSPS) is 11.6. The number of ether oxygens (including phenoxy) is 1. The van der Waals surface area contributed by atoms with Gasteiger partial charge >= 0.3 is 0 Å². The number of anilines is 1. The highest BCUT2D eigenvalue weighted by atomic mass is 35.5. The van der Waals surface area contributed by atoms with Crippen molar-refractivity contribution in [3.63, 3.8) is 0 Å². The fourth-order valence-electron chi connectivity index (χ4n) is 2.13. The Morgan fingerprint density at radius 1 is 1.32 bits per heavy atom. The minimum Gasteiger partial charge on any atom is -1.00 e. The standard InChI is InChI=1S/C17H22N2O2.ClH/c1-4-21-14(3)19-9-5-6-15(12-19)11-18-16-8-7-13(2)17(20)10-16;/h5-10,12,14,18H,4,11H2,1-3H3;1H. The number of hydrogen-bond acceptors (Lipinski definition) is 3. The van der Waals surface area contributed by atoms with Gasteiger partial charge in [-0.05, 0) is 31.5 Å². The van der Waals surface area contributed by atoms with Crippen LogP contribution >= 0.6 is 0 Å². The molecule has 1 aromatic carbocycles. The molecule has 2 rings (SSSR count). The second kappa shape index (κ2) is 8.61. The third-order valence-electron chi connectivity index (χ3n) is 3.42. The third-order valence-corrected chi connectivity index (χ3v) is 3.42. The number of pyridine rings is 1. The van der Waals surface area contributed by atoms with Crippen LogP contribution < -0.4 is 22.3 Å². The highest BCUT2D eigenvalue weighted by molar-refractivity contribution is 5.51. The van der Waals surface area contributed by atoms with Gasteiger partial charge in [0.1, 0.15) is 5.75 Å². The average molecular weight is 323 g/mol. The minimum absolute atomic E-state index is 0. The second-order valence-electron chi connectivity index (χ2n) is 5.07. The highest BCUT2D eigenvalue weighted by Gasteiger charge is 2.11. The number of aromatic hydroxyl groups is 1. The Kier molecular flexibility index (Phi) is 7.15. The number of phenolic OH excluding ortho intramolecular Hbond substituents is 1.